The fraction of sp³-hybridized carbons (Fsp3) is 0.345. The van der Waals surface area contributed by atoms with Crippen LogP contribution in [0.4, 0.5) is 5.69 Å². The van der Waals surface area contributed by atoms with Gasteiger partial charge in [0.2, 0.25) is 5.91 Å². The number of amides is 1. The molecule has 0 N–H and O–H groups in total. The highest BCUT2D eigenvalue weighted by atomic mass is 16.2. The molecule has 6 heteroatoms. The van der Waals surface area contributed by atoms with Gasteiger partial charge in [-0.1, -0.05) is 30.3 Å². The van der Waals surface area contributed by atoms with Gasteiger partial charge >= 0.3 is 0 Å². The molecule has 0 saturated carbocycles. The van der Waals surface area contributed by atoms with Gasteiger partial charge in [-0.05, 0) is 70.9 Å². The molecule has 2 aromatic carbocycles. The van der Waals surface area contributed by atoms with Crippen LogP contribution in [0.25, 0.3) is 22.4 Å². The number of anilines is 1. The summed E-state index contributed by atoms with van der Waals surface area (Å²) in [4.78, 5) is 32.7. The standard InChI is InChI=1S/C29H32N4O2/c1-17(2)32-24-15-25-23(14-22(24)29(5,6)28(32)35)30-26(21-13-18(3)27(34)31(7)16-21)33(25)19(4)20-11-9-8-10-12-20/h8-17,19H,1-7H3/t19-/m0/s1. The topological polar surface area (TPSA) is 60.1 Å². The van der Waals surface area contributed by atoms with Crippen LogP contribution in [0.2, 0.25) is 0 Å². The molecular formula is C29H32N4O2. The van der Waals surface area contributed by atoms with Gasteiger partial charge in [-0.2, -0.15) is 0 Å². The van der Waals surface area contributed by atoms with Crippen LogP contribution in [0.5, 0.6) is 0 Å². The predicted octanol–water partition coefficient (Wildman–Crippen LogP) is 5.35. The van der Waals surface area contributed by atoms with Gasteiger partial charge in [0.15, 0.2) is 0 Å². The Labute approximate surface area is 205 Å². The van der Waals surface area contributed by atoms with Gasteiger partial charge in [-0.25, -0.2) is 4.98 Å². The second-order valence-electron chi connectivity index (χ2n) is 10.5. The third-order valence-electron chi connectivity index (χ3n) is 7.30. The number of benzene rings is 2. The van der Waals surface area contributed by atoms with E-state index >= 15 is 0 Å². The van der Waals surface area contributed by atoms with E-state index in [1.165, 1.54) is 0 Å². The molecule has 1 aliphatic rings. The number of rotatable bonds is 4. The van der Waals surface area contributed by atoms with Crippen molar-refractivity contribution < 1.29 is 4.79 Å². The first-order valence-electron chi connectivity index (χ1n) is 12.1. The Kier molecular flexibility index (Phi) is 5.24. The Morgan fingerprint density at radius 3 is 2.29 bits per heavy atom. The van der Waals surface area contributed by atoms with E-state index in [0.717, 1.165) is 39.2 Å². The van der Waals surface area contributed by atoms with Gasteiger partial charge in [0.1, 0.15) is 5.82 Å². The number of carbonyl (C=O) groups excluding carboxylic acids is 1. The van der Waals surface area contributed by atoms with Crippen molar-refractivity contribution >= 4 is 22.6 Å². The van der Waals surface area contributed by atoms with Crippen LogP contribution in [-0.2, 0) is 17.3 Å². The molecule has 0 aliphatic carbocycles. The molecular weight excluding hydrogens is 436 g/mol. The Balaban J connectivity index is 1.85. The summed E-state index contributed by atoms with van der Waals surface area (Å²) >= 11 is 0. The quantitative estimate of drug-likeness (QED) is 0.406. The molecule has 0 bridgehead atoms. The smallest absolute Gasteiger partial charge is 0.253 e. The van der Waals surface area contributed by atoms with E-state index in [0.29, 0.717) is 5.56 Å². The first kappa shape index (κ1) is 23.1. The van der Waals surface area contributed by atoms with E-state index in [9.17, 15) is 9.59 Å². The van der Waals surface area contributed by atoms with Crippen molar-refractivity contribution in [3.8, 4) is 11.4 Å². The second-order valence-corrected chi connectivity index (χ2v) is 10.5. The maximum Gasteiger partial charge on any atom is 0.253 e. The third-order valence-corrected chi connectivity index (χ3v) is 7.30. The lowest BCUT2D eigenvalue weighted by atomic mass is 9.86. The van der Waals surface area contributed by atoms with E-state index in [1.807, 2.05) is 56.1 Å². The van der Waals surface area contributed by atoms with Crippen molar-refractivity contribution in [1.29, 1.82) is 0 Å². The maximum atomic E-state index is 13.3. The minimum absolute atomic E-state index is 0.00981. The lowest BCUT2D eigenvalue weighted by Gasteiger charge is -2.24. The molecule has 3 heterocycles. The van der Waals surface area contributed by atoms with Crippen LogP contribution in [0.15, 0.2) is 59.5 Å². The first-order chi connectivity index (χ1) is 16.5. The van der Waals surface area contributed by atoms with Crippen LogP contribution < -0.4 is 10.5 Å². The van der Waals surface area contributed by atoms with Gasteiger partial charge < -0.3 is 14.0 Å². The largest absolute Gasteiger partial charge is 0.318 e. The number of imidazole rings is 1. The van der Waals surface area contributed by atoms with Crippen LogP contribution in [-0.4, -0.2) is 26.1 Å². The Hall–Kier alpha value is -3.67. The average Bonchev–Trinajstić information content (AvgIpc) is 3.28. The molecule has 5 rings (SSSR count). The monoisotopic (exact) mass is 468 g/mol. The zero-order chi connectivity index (χ0) is 25.2. The van der Waals surface area contributed by atoms with Crippen molar-refractivity contribution in [1.82, 2.24) is 14.1 Å². The summed E-state index contributed by atoms with van der Waals surface area (Å²) in [6.45, 7) is 12.1. The molecule has 1 atom stereocenters. The molecule has 2 aromatic heterocycles. The fourth-order valence-electron chi connectivity index (χ4n) is 5.34. The molecule has 1 amide bonds. The number of pyridine rings is 1. The van der Waals surface area contributed by atoms with Crippen molar-refractivity contribution in [2.45, 2.75) is 59.0 Å². The second kappa shape index (κ2) is 7.94. The van der Waals surface area contributed by atoms with Crippen LogP contribution >= 0.6 is 0 Å². The lowest BCUT2D eigenvalue weighted by Crippen LogP contribution is -2.40. The Morgan fingerprint density at radius 2 is 1.66 bits per heavy atom. The van der Waals surface area contributed by atoms with E-state index in [2.05, 4.69) is 49.6 Å². The van der Waals surface area contributed by atoms with E-state index in [1.54, 1.807) is 11.6 Å². The number of nitrogens with zero attached hydrogens (tertiary/aromatic N) is 4. The van der Waals surface area contributed by atoms with E-state index in [4.69, 9.17) is 4.98 Å². The van der Waals surface area contributed by atoms with Crippen LogP contribution in [0, 0.1) is 6.92 Å². The zero-order valence-corrected chi connectivity index (χ0v) is 21.5. The van der Waals surface area contributed by atoms with Gasteiger partial charge in [-0.3, -0.25) is 9.59 Å². The number of aromatic nitrogens is 3. The average molecular weight is 469 g/mol. The molecule has 0 spiro atoms. The van der Waals surface area contributed by atoms with Crippen molar-refractivity contribution in [3.05, 3.63) is 81.8 Å². The van der Waals surface area contributed by atoms with Gasteiger partial charge in [0, 0.05) is 30.4 Å². The highest BCUT2D eigenvalue weighted by molar-refractivity contribution is 6.10. The van der Waals surface area contributed by atoms with Crippen LogP contribution in [0.1, 0.15) is 57.4 Å². The van der Waals surface area contributed by atoms with Gasteiger partial charge in [0.05, 0.1) is 28.2 Å². The molecule has 4 aromatic rings. The third kappa shape index (κ3) is 3.42. The Bertz CT molecular complexity index is 1500. The number of fused-ring (bicyclic) bond motifs is 2. The number of carbonyl (C=O) groups is 1. The van der Waals surface area contributed by atoms with Crippen molar-refractivity contribution in [2.75, 3.05) is 4.90 Å². The Morgan fingerprint density at radius 1 is 0.971 bits per heavy atom. The van der Waals surface area contributed by atoms with Gasteiger partial charge in [0.25, 0.3) is 5.56 Å². The van der Waals surface area contributed by atoms with E-state index in [-0.39, 0.29) is 23.6 Å². The highest BCUT2D eigenvalue weighted by Gasteiger charge is 2.45. The van der Waals surface area contributed by atoms with Gasteiger partial charge in [-0.15, -0.1) is 0 Å². The molecule has 6 nitrogen and oxygen atoms in total. The van der Waals surface area contributed by atoms with Crippen LogP contribution in [0.3, 0.4) is 0 Å². The summed E-state index contributed by atoms with van der Waals surface area (Å²) in [6, 6.07) is 16.5. The highest BCUT2D eigenvalue weighted by Crippen LogP contribution is 2.45. The minimum Gasteiger partial charge on any atom is -0.318 e. The lowest BCUT2D eigenvalue weighted by molar-refractivity contribution is -0.122. The SMILES string of the molecule is Cc1cc(-c2nc3cc4c(cc3n2[C@@H](C)c2ccccc2)N(C(C)C)C(=O)C4(C)C)cn(C)c1=O. The van der Waals surface area contributed by atoms with Crippen molar-refractivity contribution in [2.24, 2.45) is 7.05 Å². The summed E-state index contributed by atoms with van der Waals surface area (Å²) in [7, 11) is 1.77. The summed E-state index contributed by atoms with van der Waals surface area (Å²) in [5, 5.41) is 0. The molecule has 1 aliphatic heterocycles. The summed E-state index contributed by atoms with van der Waals surface area (Å²) in [6.07, 6.45) is 1.85. The first-order valence-corrected chi connectivity index (χ1v) is 12.1. The summed E-state index contributed by atoms with van der Waals surface area (Å²) < 4.78 is 3.85. The van der Waals surface area contributed by atoms with Crippen molar-refractivity contribution in [3.63, 3.8) is 0 Å². The molecule has 180 valence electrons. The molecule has 0 radical (unpaired) electrons. The molecule has 35 heavy (non-hydrogen) atoms. The summed E-state index contributed by atoms with van der Waals surface area (Å²) in [5.41, 5.74) is 5.87. The number of hydrogen-bond acceptors (Lipinski definition) is 3. The zero-order valence-electron chi connectivity index (χ0n) is 21.5. The number of hydrogen-bond donors (Lipinski definition) is 0. The molecule has 0 saturated heterocycles. The normalized spacial score (nSPS) is 15.8. The summed E-state index contributed by atoms with van der Waals surface area (Å²) in [5.74, 6) is 0.922. The van der Waals surface area contributed by atoms with E-state index < -0.39 is 5.41 Å². The minimum atomic E-state index is -0.615. The molecule has 0 fully saturated rings. The predicted molar refractivity (Wildman–Crippen MR) is 141 cm³/mol. The number of aryl methyl sites for hydroxylation is 2. The fourth-order valence-corrected chi connectivity index (χ4v) is 5.34. The molecule has 0 unspecified atom stereocenters. The maximum absolute atomic E-state index is 13.3.